The van der Waals surface area contributed by atoms with Gasteiger partial charge in [-0.3, -0.25) is 0 Å². The van der Waals surface area contributed by atoms with E-state index in [-0.39, 0.29) is 5.97 Å². The lowest BCUT2D eigenvalue weighted by Crippen LogP contribution is -2.06. The average Bonchev–Trinajstić information content (AvgIpc) is 2.80. The molecule has 0 atom stereocenters. The van der Waals surface area contributed by atoms with Crippen LogP contribution in [0.1, 0.15) is 32.9 Å². The highest BCUT2D eigenvalue weighted by Crippen LogP contribution is 2.25. The molecule has 106 valence electrons. The Labute approximate surface area is 122 Å². The van der Waals surface area contributed by atoms with E-state index in [4.69, 9.17) is 9.47 Å². The van der Waals surface area contributed by atoms with Crippen LogP contribution in [0.15, 0.2) is 24.3 Å². The number of para-hydroxylation sites is 1. The van der Waals surface area contributed by atoms with E-state index in [2.05, 4.69) is 4.98 Å². The zero-order valence-electron chi connectivity index (χ0n) is 11.8. The number of rotatable bonds is 5. The molecule has 0 fully saturated rings. The van der Waals surface area contributed by atoms with Gasteiger partial charge in [0, 0.05) is 16.9 Å². The van der Waals surface area contributed by atoms with E-state index in [0.717, 1.165) is 21.2 Å². The fourth-order valence-electron chi connectivity index (χ4n) is 1.93. The summed E-state index contributed by atoms with van der Waals surface area (Å²) < 4.78 is 10.3. The van der Waals surface area contributed by atoms with Gasteiger partial charge in [-0.1, -0.05) is 18.2 Å². The first-order valence-corrected chi connectivity index (χ1v) is 7.22. The summed E-state index contributed by atoms with van der Waals surface area (Å²) >= 11 is 1.52. The van der Waals surface area contributed by atoms with Gasteiger partial charge >= 0.3 is 5.97 Å². The number of hydrogen-bond acceptors (Lipinski definition) is 5. The number of aromatic nitrogens is 1. The van der Waals surface area contributed by atoms with E-state index in [0.29, 0.717) is 18.7 Å². The molecule has 0 aliphatic rings. The van der Waals surface area contributed by atoms with Crippen molar-refractivity contribution in [1.29, 1.82) is 0 Å². The average molecular weight is 291 g/mol. The largest absolute Gasteiger partial charge is 0.496 e. The van der Waals surface area contributed by atoms with Crippen molar-refractivity contribution in [3.05, 3.63) is 45.4 Å². The highest BCUT2D eigenvalue weighted by Gasteiger charge is 2.17. The summed E-state index contributed by atoms with van der Waals surface area (Å²) in [5.74, 6) is 0.477. The second-order valence-electron chi connectivity index (χ2n) is 4.22. The topological polar surface area (TPSA) is 48.4 Å². The molecule has 5 heteroatoms. The van der Waals surface area contributed by atoms with Crippen LogP contribution in [0.5, 0.6) is 5.75 Å². The van der Waals surface area contributed by atoms with Gasteiger partial charge < -0.3 is 9.47 Å². The fraction of sp³-hybridized carbons (Fsp3) is 0.333. The van der Waals surface area contributed by atoms with Crippen molar-refractivity contribution in [2.75, 3.05) is 13.7 Å². The normalized spacial score (nSPS) is 10.3. The Hall–Kier alpha value is -1.88. The maximum absolute atomic E-state index is 11.8. The number of benzene rings is 1. The molecule has 2 aromatic rings. The molecular weight excluding hydrogens is 274 g/mol. The summed E-state index contributed by atoms with van der Waals surface area (Å²) in [7, 11) is 1.65. The summed E-state index contributed by atoms with van der Waals surface area (Å²) in [6.45, 7) is 4.03. The minimum absolute atomic E-state index is 0.354. The number of ether oxygens (including phenoxy) is 2. The van der Waals surface area contributed by atoms with E-state index in [1.54, 1.807) is 14.0 Å². The van der Waals surface area contributed by atoms with Crippen molar-refractivity contribution in [1.82, 2.24) is 4.98 Å². The Kier molecular flexibility index (Phi) is 4.74. The first-order chi connectivity index (χ1) is 9.65. The molecule has 1 aromatic carbocycles. The number of carbonyl (C=O) groups is 1. The predicted octanol–water partition coefficient (Wildman–Crippen LogP) is 3.23. The molecule has 1 heterocycles. The van der Waals surface area contributed by atoms with Crippen LogP contribution in [0.4, 0.5) is 0 Å². The molecule has 0 radical (unpaired) electrons. The monoisotopic (exact) mass is 291 g/mol. The van der Waals surface area contributed by atoms with Gasteiger partial charge in [0.1, 0.15) is 5.75 Å². The standard InChI is InChI=1S/C15H17NO3S/c1-4-19-15(17)14-10(2)20-13(16-14)9-11-7-5-6-8-12(11)18-3/h5-8H,4,9H2,1-3H3. The molecule has 0 saturated carbocycles. The summed E-state index contributed by atoms with van der Waals surface area (Å²) in [4.78, 5) is 17.0. The summed E-state index contributed by atoms with van der Waals surface area (Å²) in [6.07, 6.45) is 0.648. The van der Waals surface area contributed by atoms with E-state index < -0.39 is 0 Å². The molecule has 20 heavy (non-hydrogen) atoms. The minimum atomic E-state index is -0.354. The van der Waals surface area contributed by atoms with Crippen molar-refractivity contribution in [2.45, 2.75) is 20.3 Å². The van der Waals surface area contributed by atoms with Gasteiger partial charge in [-0.05, 0) is 19.9 Å². The summed E-state index contributed by atoms with van der Waals surface area (Å²) in [5.41, 5.74) is 1.47. The van der Waals surface area contributed by atoms with Gasteiger partial charge in [-0.25, -0.2) is 9.78 Å². The van der Waals surface area contributed by atoms with Crippen LogP contribution in [-0.2, 0) is 11.2 Å². The molecular formula is C15H17NO3S. The van der Waals surface area contributed by atoms with Crippen molar-refractivity contribution < 1.29 is 14.3 Å². The van der Waals surface area contributed by atoms with Crippen LogP contribution < -0.4 is 4.74 Å². The smallest absolute Gasteiger partial charge is 0.358 e. The highest BCUT2D eigenvalue weighted by molar-refractivity contribution is 7.11. The number of thiazole rings is 1. The SMILES string of the molecule is CCOC(=O)c1nc(Cc2ccccc2OC)sc1C. The molecule has 1 aromatic heterocycles. The van der Waals surface area contributed by atoms with Crippen molar-refractivity contribution in [2.24, 2.45) is 0 Å². The third-order valence-electron chi connectivity index (χ3n) is 2.84. The number of esters is 1. The van der Waals surface area contributed by atoms with Crippen molar-refractivity contribution in [3.8, 4) is 5.75 Å². The molecule has 0 bridgehead atoms. The molecule has 2 rings (SSSR count). The van der Waals surface area contributed by atoms with Gasteiger partial charge in [0.2, 0.25) is 0 Å². The Morgan fingerprint density at radius 3 is 2.80 bits per heavy atom. The quantitative estimate of drug-likeness (QED) is 0.794. The molecule has 0 spiro atoms. The number of aryl methyl sites for hydroxylation is 1. The molecule has 0 unspecified atom stereocenters. The predicted molar refractivity (Wildman–Crippen MR) is 78.6 cm³/mol. The number of carbonyl (C=O) groups excluding carboxylic acids is 1. The van der Waals surface area contributed by atoms with E-state index in [1.807, 2.05) is 31.2 Å². The van der Waals surface area contributed by atoms with Gasteiger partial charge in [-0.15, -0.1) is 11.3 Å². The zero-order valence-corrected chi connectivity index (χ0v) is 12.6. The summed E-state index contributed by atoms with van der Waals surface area (Å²) in [6, 6.07) is 7.81. The second kappa shape index (κ2) is 6.52. The first kappa shape index (κ1) is 14.5. The molecule has 0 N–H and O–H groups in total. The highest BCUT2D eigenvalue weighted by atomic mass is 32.1. The Balaban J connectivity index is 2.22. The van der Waals surface area contributed by atoms with Crippen LogP contribution in [0.25, 0.3) is 0 Å². The molecule has 0 aliphatic heterocycles. The first-order valence-electron chi connectivity index (χ1n) is 6.41. The van der Waals surface area contributed by atoms with Crippen LogP contribution in [0.2, 0.25) is 0 Å². The molecule has 4 nitrogen and oxygen atoms in total. The Morgan fingerprint density at radius 1 is 1.35 bits per heavy atom. The van der Waals surface area contributed by atoms with Crippen molar-refractivity contribution in [3.63, 3.8) is 0 Å². The van der Waals surface area contributed by atoms with Gasteiger partial charge in [0.15, 0.2) is 5.69 Å². The van der Waals surface area contributed by atoms with Crippen LogP contribution >= 0.6 is 11.3 Å². The molecule has 0 aliphatic carbocycles. The Morgan fingerprint density at radius 2 is 2.10 bits per heavy atom. The van der Waals surface area contributed by atoms with Crippen molar-refractivity contribution >= 4 is 17.3 Å². The van der Waals surface area contributed by atoms with Gasteiger partial charge in [-0.2, -0.15) is 0 Å². The number of hydrogen-bond donors (Lipinski definition) is 0. The van der Waals surface area contributed by atoms with Crippen LogP contribution in [-0.4, -0.2) is 24.7 Å². The van der Waals surface area contributed by atoms with Crippen LogP contribution in [0.3, 0.4) is 0 Å². The van der Waals surface area contributed by atoms with Gasteiger partial charge in [0.05, 0.1) is 18.7 Å². The number of methoxy groups -OCH3 is 1. The van der Waals surface area contributed by atoms with E-state index >= 15 is 0 Å². The third kappa shape index (κ3) is 3.17. The van der Waals surface area contributed by atoms with Gasteiger partial charge in [0.25, 0.3) is 0 Å². The number of nitrogens with zero attached hydrogens (tertiary/aromatic N) is 1. The Bertz CT molecular complexity index is 607. The van der Waals surface area contributed by atoms with Crippen LogP contribution in [0, 0.1) is 6.92 Å². The molecule has 0 amide bonds. The lowest BCUT2D eigenvalue weighted by molar-refractivity contribution is 0.0519. The minimum Gasteiger partial charge on any atom is -0.496 e. The van der Waals surface area contributed by atoms with E-state index in [1.165, 1.54) is 11.3 Å². The zero-order chi connectivity index (χ0) is 14.5. The summed E-state index contributed by atoms with van der Waals surface area (Å²) in [5, 5.41) is 0.884. The maximum atomic E-state index is 11.8. The maximum Gasteiger partial charge on any atom is 0.358 e. The third-order valence-corrected chi connectivity index (χ3v) is 3.81. The lowest BCUT2D eigenvalue weighted by Gasteiger charge is -2.05. The second-order valence-corrected chi connectivity index (χ2v) is 5.51. The fourth-order valence-corrected chi connectivity index (χ4v) is 2.87. The molecule has 0 saturated heterocycles. The van der Waals surface area contributed by atoms with E-state index in [9.17, 15) is 4.79 Å². The lowest BCUT2D eigenvalue weighted by atomic mass is 10.1.